The summed E-state index contributed by atoms with van der Waals surface area (Å²) >= 11 is 0. The summed E-state index contributed by atoms with van der Waals surface area (Å²) in [6, 6.07) is 61.4. The Morgan fingerprint density at radius 1 is 0.473 bits per heavy atom. The van der Waals surface area contributed by atoms with Crippen molar-refractivity contribution in [2.45, 2.75) is 39.0 Å². The highest BCUT2D eigenvalue weighted by molar-refractivity contribution is 5.90. The Morgan fingerprint density at radius 2 is 0.982 bits per heavy atom. The molecule has 0 bridgehead atoms. The van der Waals surface area contributed by atoms with E-state index >= 15 is 0 Å². The monoisotopic (exact) mass is 708 g/mol. The fourth-order valence-electron chi connectivity index (χ4n) is 9.47. The van der Waals surface area contributed by atoms with Gasteiger partial charge in [-0.15, -0.1) is 0 Å². The standard InChI is InChI=1S/C53H44N2/c1-36-23-27-42(28-24-36)55(44-18-12-14-38(3)32-44)46-30-26-40-33-39-25-29-45(54(41-15-5-4-6-16-41)43-17-11-13-37(2)31-43)34-51(39)53(52(40)35-46)49-21-9-7-19-47(49)48-20-8-10-22-50(48)53/h4-23,25-32,34-36H,24,33H2,1-3H3. The van der Waals surface area contributed by atoms with Crippen LogP contribution in [-0.2, 0) is 11.8 Å². The summed E-state index contributed by atoms with van der Waals surface area (Å²) < 4.78 is 0. The third-order valence-corrected chi connectivity index (χ3v) is 11.9. The number of benzene rings is 7. The van der Waals surface area contributed by atoms with Crippen LogP contribution >= 0.6 is 0 Å². The molecule has 3 aliphatic carbocycles. The van der Waals surface area contributed by atoms with E-state index in [1.807, 2.05) is 0 Å². The first kappa shape index (κ1) is 33.2. The molecule has 7 aromatic rings. The van der Waals surface area contributed by atoms with Crippen molar-refractivity contribution < 1.29 is 0 Å². The Labute approximate surface area is 325 Å². The number of anilines is 5. The lowest BCUT2D eigenvalue weighted by atomic mass is 9.61. The molecule has 0 amide bonds. The second-order valence-corrected chi connectivity index (χ2v) is 15.6. The van der Waals surface area contributed by atoms with E-state index in [1.165, 1.54) is 72.7 Å². The number of hydrogen-bond acceptors (Lipinski definition) is 2. The lowest BCUT2D eigenvalue weighted by Gasteiger charge is -2.42. The Balaban J connectivity index is 1.25. The molecule has 0 N–H and O–H groups in total. The van der Waals surface area contributed by atoms with Gasteiger partial charge in [0.25, 0.3) is 0 Å². The van der Waals surface area contributed by atoms with Crippen molar-refractivity contribution in [3.63, 3.8) is 0 Å². The van der Waals surface area contributed by atoms with Crippen molar-refractivity contribution in [1.82, 2.24) is 0 Å². The Morgan fingerprint density at radius 3 is 1.55 bits per heavy atom. The molecule has 0 saturated carbocycles. The average Bonchev–Trinajstić information content (AvgIpc) is 3.50. The topological polar surface area (TPSA) is 6.48 Å². The van der Waals surface area contributed by atoms with Gasteiger partial charge in [0.05, 0.1) is 5.41 Å². The zero-order valence-corrected chi connectivity index (χ0v) is 31.7. The molecule has 0 saturated heterocycles. The van der Waals surface area contributed by atoms with E-state index in [0.29, 0.717) is 5.92 Å². The van der Waals surface area contributed by atoms with E-state index in [2.05, 4.69) is 213 Å². The van der Waals surface area contributed by atoms with Gasteiger partial charge >= 0.3 is 0 Å². The van der Waals surface area contributed by atoms with Crippen LogP contribution in [0.25, 0.3) is 11.1 Å². The number of allylic oxidation sites excluding steroid dienone is 3. The predicted molar refractivity (Wildman–Crippen MR) is 230 cm³/mol. The van der Waals surface area contributed by atoms with Crippen molar-refractivity contribution in [2.24, 2.45) is 5.92 Å². The quantitative estimate of drug-likeness (QED) is 0.170. The molecule has 3 aliphatic rings. The summed E-state index contributed by atoms with van der Waals surface area (Å²) in [5.74, 6) is 0.530. The van der Waals surface area contributed by atoms with Gasteiger partial charge in [0, 0.05) is 34.1 Å². The molecule has 1 spiro atoms. The van der Waals surface area contributed by atoms with E-state index in [9.17, 15) is 0 Å². The molecule has 0 aromatic heterocycles. The summed E-state index contributed by atoms with van der Waals surface area (Å²) in [7, 11) is 0. The van der Waals surface area contributed by atoms with Crippen LogP contribution in [0, 0.1) is 19.8 Å². The summed E-state index contributed by atoms with van der Waals surface area (Å²) in [6.45, 7) is 6.66. The molecule has 7 aromatic carbocycles. The van der Waals surface area contributed by atoms with Gasteiger partial charge in [-0.2, -0.15) is 0 Å². The summed E-state index contributed by atoms with van der Waals surface area (Å²) in [5, 5.41) is 0. The average molecular weight is 709 g/mol. The molecule has 0 radical (unpaired) electrons. The van der Waals surface area contributed by atoms with Gasteiger partial charge in [0.2, 0.25) is 0 Å². The zero-order valence-electron chi connectivity index (χ0n) is 31.7. The van der Waals surface area contributed by atoms with Gasteiger partial charge < -0.3 is 9.80 Å². The largest absolute Gasteiger partial charge is 0.311 e. The molecular formula is C53H44N2. The first-order valence-electron chi connectivity index (χ1n) is 19.6. The van der Waals surface area contributed by atoms with Crippen LogP contribution in [0.4, 0.5) is 28.4 Å². The smallest absolute Gasteiger partial charge is 0.0720 e. The molecule has 2 heteroatoms. The van der Waals surface area contributed by atoms with E-state index < -0.39 is 5.41 Å². The van der Waals surface area contributed by atoms with Gasteiger partial charge in [0.1, 0.15) is 0 Å². The van der Waals surface area contributed by atoms with E-state index in [-0.39, 0.29) is 0 Å². The lowest BCUT2D eigenvalue weighted by molar-refractivity contribution is 0.720. The second-order valence-electron chi connectivity index (χ2n) is 15.6. The molecule has 1 atom stereocenters. The fraction of sp³-hybridized carbons (Fsp3) is 0.132. The van der Waals surface area contributed by atoms with Gasteiger partial charge in [-0.3, -0.25) is 0 Å². The number of hydrogen-bond donors (Lipinski definition) is 0. The normalized spacial score (nSPS) is 15.8. The highest BCUT2D eigenvalue weighted by atomic mass is 15.2. The molecule has 0 heterocycles. The maximum Gasteiger partial charge on any atom is 0.0720 e. The fourth-order valence-corrected chi connectivity index (χ4v) is 9.47. The molecule has 55 heavy (non-hydrogen) atoms. The molecule has 266 valence electrons. The minimum atomic E-state index is -0.513. The maximum absolute atomic E-state index is 2.52. The number of fused-ring (bicyclic) bond motifs is 9. The van der Waals surface area contributed by atoms with Crippen LogP contribution in [0.1, 0.15) is 57.9 Å². The van der Waals surface area contributed by atoms with E-state index in [4.69, 9.17) is 0 Å². The summed E-state index contributed by atoms with van der Waals surface area (Å²) in [5.41, 5.74) is 19.8. The highest BCUT2D eigenvalue weighted by Gasteiger charge is 2.50. The van der Waals surface area contributed by atoms with Crippen molar-refractivity contribution in [3.8, 4) is 11.1 Å². The predicted octanol–water partition coefficient (Wildman–Crippen LogP) is 13.7. The second kappa shape index (κ2) is 13.2. The zero-order chi connectivity index (χ0) is 37.1. The summed E-state index contributed by atoms with van der Waals surface area (Å²) in [6.07, 6.45) is 8.98. The molecule has 0 fully saturated rings. The van der Waals surface area contributed by atoms with Crippen molar-refractivity contribution in [2.75, 3.05) is 9.80 Å². The number of aryl methyl sites for hydroxylation is 2. The SMILES string of the molecule is Cc1cccc(N(C2=CCC(C)C=C2)c2ccc3c(c2)C2(c4cc(N(c5ccccc5)c5cccc(C)c5)ccc4C3)c3ccccc3-c3ccccc32)c1. The van der Waals surface area contributed by atoms with Gasteiger partial charge in [-0.25, -0.2) is 0 Å². The first-order valence-corrected chi connectivity index (χ1v) is 19.6. The molecular weight excluding hydrogens is 665 g/mol. The molecule has 1 unspecified atom stereocenters. The van der Waals surface area contributed by atoms with Crippen LogP contribution < -0.4 is 9.80 Å². The molecule has 10 rings (SSSR count). The Hall–Kier alpha value is -6.38. The molecule has 2 nitrogen and oxygen atoms in total. The van der Waals surface area contributed by atoms with Crippen molar-refractivity contribution >= 4 is 28.4 Å². The van der Waals surface area contributed by atoms with Gasteiger partial charge in [0.15, 0.2) is 0 Å². The van der Waals surface area contributed by atoms with Crippen LogP contribution in [0.2, 0.25) is 0 Å². The van der Waals surface area contributed by atoms with Crippen LogP contribution in [0.15, 0.2) is 188 Å². The minimum absolute atomic E-state index is 0.513. The minimum Gasteiger partial charge on any atom is -0.311 e. The number of para-hydroxylation sites is 1. The maximum atomic E-state index is 2.52. The van der Waals surface area contributed by atoms with Crippen molar-refractivity contribution in [3.05, 3.63) is 232 Å². The Kier molecular flexibility index (Phi) is 7.96. The van der Waals surface area contributed by atoms with Crippen LogP contribution in [0.3, 0.4) is 0 Å². The highest BCUT2D eigenvalue weighted by Crippen LogP contribution is 2.60. The summed E-state index contributed by atoms with van der Waals surface area (Å²) in [4.78, 5) is 4.89. The third-order valence-electron chi connectivity index (χ3n) is 11.9. The van der Waals surface area contributed by atoms with Gasteiger partial charge in [-0.1, -0.05) is 122 Å². The van der Waals surface area contributed by atoms with E-state index in [1.54, 1.807) is 0 Å². The molecule has 0 aliphatic heterocycles. The lowest BCUT2D eigenvalue weighted by Crippen LogP contribution is -2.35. The number of rotatable bonds is 6. The van der Waals surface area contributed by atoms with Gasteiger partial charge in [-0.05, 0) is 155 Å². The third kappa shape index (κ3) is 5.39. The van der Waals surface area contributed by atoms with Crippen LogP contribution in [0.5, 0.6) is 0 Å². The Bertz CT molecular complexity index is 2620. The first-order chi connectivity index (χ1) is 27.0. The van der Waals surface area contributed by atoms with E-state index in [0.717, 1.165) is 29.9 Å². The number of nitrogens with zero attached hydrogens (tertiary/aromatic N) is 2. The van der Waals surface area contributed by atoms with Crippen molar-refractivity contribution in [1.29, 1.82) is 0 Å². The van der Waals surface area contributed by atoms with Crippen LogP contribution in [-0.4, -0.2) is 0 Å².